The second kappa shape index (κ2) is 5.46. The van der Waals surface area contributed by atoms with Crippen molar-refractivity contribution in [3.63, 3.8) is 0 Å². The average Bonchev–Trinajstić information content (AvgIpc) is 2.37. The number of aliphatic hydroxyl groups excluding tert-OH is 1. The smallest absolute Gasteiger partial charge is 0.126 e. The minimum atomic E-state index is -0.709. The maximum absolute atomic E-state index is 12.9. The second-order valence-electron chi connectivity index (χ2n) is 3.69. The minimum Gasteiger partial charge on any atom is -0.490 e. The third-order valence-electron chi connectivity index (χ3n) is 2.39. The first-order chi connectivity index (χ1) is 8.25. The van der Waals surface area contributed by atoms with Crippen molar-refractivity contribution in [1.82, 2.24) is 0 Å². The molecular formula is C14H13FO2. The van der Waals surface area contributed by atoms with E-state index in [0.29, 0.717) is 5.75 Å². The first kappa shape index (κ1) is 11.6. The minimum absolute atomic E-state index is 0.105. The van der Waals surface area contributed by atoms with Gasteiger partial charge in [-0.2, -0.15) is 0 Å². The Morgan fingerprint density at radius 1 is 1.06 bits per heavy atom. The van der Waals surface area contributed by atoms with Gasteiger partial charge in [-0.25, -0.2) is 4.39 Å². The zero-order chi connectivity index (χ0) is 12.1. The van der Waals surface area contributed by atoms with Crippen LogP contribution in [0.15, 0.2) is 54.6 Å². The van der Waals surface area contributed by atoms with E-state index in [4.69, 9.17) is 4.74 Å². The van der Waals surface area contributed by atoms with E-state index in [-0.39, 0.29) is 12.4 Å². The number of halogens is 1. The van der Waals surface area contributed by atoms with Gasteiger partial charge in [0.2, 0.25) is 0 Å². The van der Waals surface area contributed by atoms with Gasteiger partial charge in [-0.15, -0.1) is 0 Å². The normalized spacial score (nSPS) is 12.1. The SMILES string of the molecule is OC(COc1cccc(F)c1)c1ccccc1. The molecule has 3 heteroatoms. The summed E-state index contributed by atoms with van der Waals surface area (Å²) in [5.74, 6) is 0.0664. The summed E-state index contributed by atoms with van der Waals surface area (Å²) in [5.41, 5.74) is 0.781. The standard InChI is InChI=1S/C14H13FO2/c15-12-7-4-8-13(9-12)17-10-14(16)11-5-2-1-3-6-11/h1-9,14,16H,10H2. The van der Waals surface area contributed by atoms with Crippen molar-refractivity contribution in [3.05, 3.63) is 66.0 Å². The van der Waals surface area contributed by atoms with Crippen LogP contribution in [0, 0.1) is 5.82 Å². The molecule has 0 spiro atoms. The average molecular weight is 232 g/mol. The highest BCUT2D eigenvalue weighted by molar-refractivity contribution is 5.23. The van der Waals surface area contributed by atoms with E-state index in [9.17, 15) is 9.50 Å². The number of aliphatic hydroxyl groups is 1. The third kappa shape index (κ3) is 3.29. The first-order valence-corrected chi connectivity index (χ1v) is 5.37. The van der Waals surface area contributed by atoms with Crippen LogP contribution in [0.25, 0.3) is 0 Å². The molecule has 0 radical (unpaired) electrons. The summed E-state index contributed by atoms with van der Waals surface area (Å²) in [6.07, 6.45) is -0.709. The second-order valence-corrected chi connectivity index (χ2v) is 3.69. The van der Waals surface area contributed by atoms with Gasteiger partial charge in [-0.1, -0.05) is 36.4 Å². The van der Waals surface area contributed by atoms with Crippen molar-refractivity contribution in [1.29, 1.82) is 0 Å². The Balaban J connectivity index is 1.95. The summed E-state index contributed by atoms with van der Waals surface area (Å²) in [7, 11) is 0. The van der Waals surface area contributed by atoms with E-state index in [0.717, 1.165) is 5.56 Å². The third-order valence-corrected chi connectivity index (χ3v) is 2.39. The molecule has 0 fully saturated rings. The van der Waals surface area contributed by atoms with Crippen LogP contribution in [-0.2, 0) is 0 Å². The molecule has 0 aromatic heterocycles. The van der Waals surface area contributed by atoms with Crippen molar-refractivity contribution >= 4 is 0 Å². The van der Waals surface area contributed by atoms with Crippen LogP contribution < -0.4 is 4.74 Å². The summed E-state index contributed by atoms with van der Waals surface area (Å²) >= 11 is 0. The molecule has 88 valence electrons. The van der Waals surface area contributed by atoms with Crippen molar-refractivity contribution in [2.75, 3.05) is 6.61 Å². The zero-order valence-corrected chi connectivity index (χ0v) is 9.21. The maximum Gasteiger partial charge on any atom is 0.126 e. The van der Waals surface area contributed by atoms with Gasteiger partial charge in [0.1, 0.15) is 24.3 Å². The fourth-order valence-corrected chi connectivity index (χ4v) is 1.50. The predicted molar refractivity (Wildman–Crippen MR) is 63.3 cm³/mol. The molecule has 17 heavy (non-hydrogen) atoms. The highest BCUT2D eigenvalue weighted by Gasteiger charge is 2.07. The summed E-state index contributed by atoms with van der Waals surface area (Å²) in [4.78, 5) is 0. The Bertz CT molecular complexity index is 471. The largest absolute Gasteiger partial charge is 0.490 e. The molecule has 2 nitrogen and oxygen atoms in total. The number of ether oxygens (including phenoxy) is 1. The van der Waals surface area contributed by atoms with Gasteiger partial charge in [-0.3, -0.25) is 0 Å². The zero-order valence-electron chi connectivity index (χ0n) is 9.21. The lowest BCUT2D eigenvalue weighted by molar-refractivity contribution is 0.108. The van der Waals surface area contributed by atoms with E-state index in [1.807, 2.05) is 30.3 Å². The lowest BCUT2D eigenvalue weighted by Crippen LogP contribution is -2.09. The van der Waals surface area contributed by atoms with E-state index in [2.05, 4.69) is 0 Å². The van der Waals surface area contributed by atoms with Gasteiger partial charge in [0.15, 0.2) is 0 Å². The van der Waals surface area contributed by atoms with E-state index in [1.165, 1.54) is 12.1 Å². The Kier molecular flexibility index (Phi) is 3.73. The molecule has 0 saturated heterocycles. The molecule has 0 bridgehead atoms. The van der Waals surface area contributed by atoms with Crippen LogP contribution in [0.2, 0.25) is 0 Å². The number of hydrogen-bond acceptors (Lipinski definition) is 2. The van der Waals surface area contributed by atoms with Gasteiger partial charge in [-0.05, 0) is 17.7 Å². The van der Waals surface area contributed by atoms with Crippen molar-refractivity contribution < 1.29 is 14.2 Å². The van der Waals surface area contributed by atoms with Gasteiger partial charge < -0.3 is 9.84 Å². The molecule has 2 aromatic rings. The molecule has 1 atom stereocenters. The molecule has 0 aliphatic carbocycles. The van der Waals surface area contributed by atoms with E-state index < -0.39 is 6.10 Å². The summed E-state index contributed by atoms with van der Waals surface area (Å²) < 4.78 is 18.2. The van der Waals surface area contributed by atoms with Crippen LogP contribution in [0.1, 0.15) is 11.7 Å². The molecular weight excluding hydrogens is 219 g/mol. The highest BCUT2D eigenvalue weighted by atomic mass is 19.1. The van der Waals surface area contributed by atoms with E-state index in [1.54, 1.807) is 12.1 Å². The van der Waals surface area contributed by atoms with Crippen LogP contribution in [0.4, 0.5) is 4.39 Å². The van der Waals surface area contributed by atoms with Crippen LogP contribution in [0.5, 0.6) is 5.75 Å². The monoisotopic (exact) mass is 232 g/mol. The van der Waals surface area contributed by atoms with Crippen LogP contribution >= 0.6 is 0 Å². The number of hydrogen-bond donors (Lipinski definition) is 1. The summed E-state index contributed by atoms with van der Waals surface area (Å²) in [6.45, 7) is 0.105. The van der Waals surface area contributed by atoms with Gasteiger partial charge >= 0.3 is 0 Å². The number of rotatable bonds is 4. The molecule has 0 saturated carbocycles. The fraction of sp³-hybridized carbons (Fsp3) is 0.143. The lowest BCUT2D eigenvalue weighted by Gasteiger charge is -2.12. The first-order valence-electron chi connectivity index (χ1n) is 5.37. The Labute approximate surface area is 99.3 Å². The maximum atomic E-state index is 12.9. The molecule has 0 heterocycles. The lowest BCUT2D eigenvalue weighted by atomic mass is 10.1. The van der Waals surface area contributed by atoms with Gasteiger partial charge in [0.25, 0.3) is 0 Å². The fourth-order valence-electron chi connectivity index (χ4n) is 1.50. The molecule has 0 aliphatic heterocycles. The number of benzene rings is 2. The molecule has 2 aromatic carbocycles. The summed E-state index contributed by atoms with van der Waals surface area (Å²) in [6, 6.07) is 15.1. The highest BCUT2D eigenvalue weighted by Crippen LogP contribution is 2.16. The van der Waals surface area contributed by atoms with Gasteiger partial charge in [0, 0.05) is 6.07 Å². The van der Waals surface area contributed by atoms with Crippen LogP contribution in [-0.4, -0.2) is 11.7 Å². The quantitative estimate of drug-likeness (QED) is 0.878. The Hall–Kier alpha value is -1.87. The molecule has 1 unspecified atom stereocenters. The molecule has 0 amide bonds. The van der Waals surface area contributed by atoms with Gasteiger partial charge in [0.05, 0.1) is 0 Å². The molecule has 1 N–H and O–H groups in total. The van der Waals surface area contributed by atoms with E-state index >= 15 is 0 Å². The molecule has 2 rings (SSSR count). The van der Waals surface area contributed by atoms with Crippen LogP contribution in [0.3, 0.4) is 0 Å². The Morgan fingerprint density at radius 2 is 1.82 bits per heavy atom. The van der Waals surface area contributed by atoms with Crippen molar-refractivity contribution in [3.8, 4) is 5.75 Å². The van der Waals surface area contributed by atoms with Crippen molar-refractivity contribution in [2.45, 2.75) is 6.10 Å². The van der Waals surface area contributed by atoms with Crippen molar-refractivity contribution in [2.24, 2.45) is 0 Å². The molecule has 0 aliphatic rings. The topological polar surface area (TPSA) is 29.5 Å². The predicted octanol–water partition coefficient (Wildman–Crippen LogP) is 2.94. The Morgan fingerprint density at radius 3 is 2.53 bits per heavy atom. The summed E-state index contributed by atoms with van der Waals surface area (Å²) in [5, 5.41) is 9.83.